The second-order valence-corrected chi connectivity index (χ2v) is 9.29. The lowest BCUT2D eigenvalue weighted by molar-refractivity contribution is 0.0985. The first-order chi connectivity index (χ1) is 15.6. The first-order valence-electron chi connectivity index (χ1n) is 10.8. The molecule has 0 radical (unpaired) electrons. The Hall–Kier alpha value is -3.50. The van der Waals surface area contributed by atoms with Gasteiger partial charge >= 0.3 is 0 Å². The van der Waals surface area contributed by atoms with Gasteiger partial charge in [-0.2, -0.15) is 0 Å². The summed E-state index contributed by atoms with van der Waals surface area (Å²) in [6, 6.07) is 30.4. The zero-order valence-corrected chi connectivity index (χ0v) is 19.0. The normalized spacial score (nSPS) is 11.3. The Morgan fingerprint density at radius 3 is 2.41 bits per heavy atom. The summed E-state index contributed by atoms with van der Waals surface area (Å²) in [7, 11) is 0. The predicted octanol–water partition coefficient (Wildman–Crippen LogP) is 7.42. The van der Waals surface area contributed by atoms with Crippen LogP contribution in [-0.2, 0) is 6.54 Å². The van der Waals surface area contributed by atoms with Gasteiger partial charge in [-0.1, -0.05) is 98.0 Å². The van der Waals surface area contributed by atoms with Crippen molar-refractivity contribution in [2.75, 3.05) is 4.90 Å². The number of nitrogens with zero attached hydrogens (tertiary/aromatic N) is 2. The summed E-state index contributed by atoms with van der Waals surface area (Å²) in [4.78, 5) is 20.6. The number of amides is 1. The number of para-hydroxylation sites is 1. The van der Waals surface area contributed by atoms with Crippen LogP contribution in [0.25, 0.3) is 21.0 Å². The van der Waals surface area contributed by atoms with Gasteiger partial charge in [0.1, 0.15) is 0 Å². The van der Waals surface area contributed by atoms with Gasteiger partial charge in [0, 0.05) is 5.56 Å². The van der Waals surface area contributed by atoms with E-state index in [1.54, 1.807) is 11.3 Å². The van der Waals surface area contributed by atoms with Crippen LogP contribution in [-0.4, -0.2) is 10.9 Å². The van der Waals surface area contributed by atoms with Crippen molar-refractivity contribution in [2.24, 2.45) is 0 Å². The molecule has 0 unspecified atom stereocenters. The molecule has 3 nitrogen and oxygen atoms in total. The maximum Gasteiger partial charge on any atom is 0.260 e. The molecule has 1 amide bonds. The van der Waals surface area contributed by atoms with Crippen LogP contribution >= 0.6 is 11.3 Å². The summed E-state index contributed by atoms with van der Waals surface area (Å²) in [5, 5.41) is 2.92. The summed E-state index contributed by atoms with van der Waals surface area (Å²) in [5.41, 5.74) is 3.95. The van der Waals surface area contributed by atoms with Gasteiger partial charge in [-0.05, 0) is 46.0 Å². The maximum absolute atomic E-state index is 13.8. The molecule has 5 aromatic rings. The van der Waals surface area contributed by atoms with Crippen molar-refractivity contribution in [1.82, 2.24) is 4.98 Å². The lowest BCUT2D eigenvalue weighted by atomic mass is 10.0. The van der Waals surface area contributed by atoms with Crippen molar-refractivity contribution < 1.29 is 4.79 Å². The van der Waals surface area contributed by atoms with Crippen LogP contribution in [0.5, 0.6) is 0 Å². The van der Waals surface area contributed by atoms with Crippen LogP contribution in [0.2, 0.25) is 0 Å². The maximum atomic E-state index is 13.8. The molecule has 0 saturated heterocycles. The second kappa shape index (κ2) is 8.56. The van der Waals surface area contributed by atoms with E-state index in [-0.39, 0.29) is 5.91 Å². The molecule has 0 spiro atoms. The minimum atomic E-state index is -0.0373. The molecule has 1 heterocycles. The zero-order chi connectivity index (χ0) is 22.1. The fraction of sp³-hybridized carbons (Fsp3) is 0.143. The number of hydrogen-bond donors (Lipinski definition) is 0. The molecule has 0 aliphatic heterocycles. The van der Waals surface area contributed by atoms with Crippen molar-refractivity contribution >= 4 is 43.4 Å². The summed E-state index contributed by atoms with van der Waals surface area (Å²) >= 11 is 1.58. The van der Waals surface area contributed by atoms with E-state index in [4.69, 9.17) is 4.98 Å². The number of hydrogen-bond acceptors (Lipinski definition) is 3. The number of carbonyl (C=O) groups excluding carboxylic acids is 1. The summed E-state index contributed by atoms with van der Waals surface area (Å²) in [6.45, 7) is 4.83. The Bertz CT molecular complexity index is 1410. The van der Waals surface area contributed by atoms with Gasteiger partial charge in [-0.3, -0.25) is 9.69 Å². The topological polar surface area (TPSA) is 33.2 Å². The van der Waals surface area contributed by atoms with Crippen LogP contribution in [0, 0.1) is 0 Å². The van der Waals surface area contributed by atoms with E-state index < -0.39 is 0 Å². The van der Waals surface area contributed by atoms with Crippen molar-refractivity contribution in [3.05, 3.63) is 108 Å². The smallest absolute Gasteiger partial charge is 0.260 e. The van der Waals surface area contributed by atoms with E-state index in [1.807, 2.05) is 71.6 Å². The lowest BCUT2D eigenvalue weighted by Gasteiger charge is -2.20. The number of fused-ring (bicyclic) bond motifs is 2. The van der Waals surface area contributed by atoms with Crippen molar-refractivity contribution in [3.8, 4) is 0 Å². The van der Waals surface area contributed by atoms with Gasteiger partial charge in [0.15, 0.2) is 5.13 Å². The Morgan fingerprint density at radius 1 is 0.875 bits per heavy atom. The second-order valence-electron chi connectivity index (χ2n) is 8.28. The highest BCUT2D eigenvalue weighted by Crippen LogP contribution is 2.35. The molecule has 0 saturated carbocycles. The fourth-order valence-corrected chi connectivity index (χ4v) is 5.01. The van der Waals surface area contributed by atoms with E-state index in [0.717, 1.165) is 31.7 Å². The number of thiazole rings is 1. The molecule has 4 aromatic carbocycles. The van der Waals surface area contributed by atoms with Crippen molar-refractivity contribution in [1.29, 1.82) is 0 Å². The number of carbonyl (C=O) groups is 1. The van der Waals surface area contributed by atoms with Gasteiger partial charge in [0.25, 0.3) is 5.91 Å². The van der Waals surface area contributed by atoms with Crippen LogP contribution in [0.3, 0.4) is 0 Å². The number of anilines is 1. The minimum absolute atomic E-state index is 0.0373. The van der Waals surface area contributed by atoms with Crippen LogP contribution in [0.4, 0.5) is 5.13 Å². The number of aromatic nitrogens is 1. The molecular weight excluding hydrogens is 412 g/mol. The third-order valence-corrected chi connectivity index (χ3v) is 6.76. The lowest BCUT2D eigenvalue weighted by Crippen LogP contribution is -2.30. The molecule has 1 aromatic heterocycles. The van der Waals surface area contributed by atoms with Crippen molar-refractivity contribution in [3.63, 3.8) is 0 Å². The average Bonchev–Trinajstić information content (AvgIpc) is 3.26. The first-order valence-corrected chi connectivity index (χ1v) is 11.7. The first kappa shape index (κ1) is 20.4. The van der Waals surface area contributed by atoms with Crippen LogP contribution in [0.15, 0.2) is 91.0 Å². The molecule has 158 valence electrons. The van der Waals surface area contributed by atoms with Crippen molar-refractivity contribution in [2.45, 2.75) is 26.3 Å². The zero-order valence-electron chi connectivity index (χ0n) is 18.2. The standard InChI is InChI=1S/C28H24N2OS/c1-19(2)24-13-8-14-25-26(24)29-28(32-25)30(18-20-9-4-3-5-10-20)27(31)23-16-15-21-11-6-7-12-22(21)17-23/h3-17,19H,18H2,1-2H3. The van der Waals surface area contributed by atoms with E-state index in [0.29, 0.717) is 18.0 Å². The average molecular weight is 437 g/mol. The van der Waals surface area contributed by atoms with Gasteiger partial charge in [0.05, 0.1) is 16.8 Å². The molecule has 0 aliphatic carbocycles. The highest BCUT2D eigenvalue weighted by molar-refractivity contribution is 7.22. The van der Waals surface area contributed by atoms with Gasteiger partial charge in [-0.25, -0.2) is 4.98 Å². The molecule has 0 atom stereocenters. The van der Waals surface area contributed by atoms with E-state index >= 15 is 0 Å². The van der Waals surface area contributed by atoms with E-state index in [1.165, 1.54) is 5.56 Å². The molecule has 0 N–H and O–H groups in total. The largest absolute Gasteiger partial charge is 0.279 e. The molecule has 4 heteroatoms. The van der Waals surface area contributed by atoms with Gasteiger partial charge in [0.2, 0.25) is 0 Å². The monoisotopic (exact) mass is 436 g/mol. The Balaban J connectivity index is 1.61. The third-order valence-electron chi connectivity index (χ3n) is 5.72. The molecule has 0 fully saturated rings. The third kappa shape index (κ3) is 3.90. The highest BCUT2D eigenvalue weighted by atomic mass is 32.1. The van der Waals surface area contributed by atoms with Crippen LogP contribution < -0.4 is 4.90 Å². The molecule has 5 rings (SSSR count). The molecule has 0 bridgehead atoms. The van der Waals surface area contributed by atoms with E-state index in [2.05, 4.69) is 38.1 Å². The van der Waals surface area contributed by atoms with Gasteiger partial charge in [-0.15, -0.1) is 0 Å². The SMILES string of the molecule is CC(C)c1cccc2sc(N(Cc3ccccc3)C(=O)c3ccc4ccccc4c3)nc12. The number of benzene rings is 4. The highest BCUT2D eigenvalue weighted by Gasteiger charge is 2.23. The quantitative estimate of drug-likeness (QED) is 0.287. The summed E-state index contributed by atoms with van der Waals surface area (Å²) in [5.74, 6) is 0.331. The van der Waals surface area contributed by atoms with Crippen LogP contribution in [0.1, 0.15) is 41.3 Å². The predicted molar refractivity (Wildman–Crippen MR) is 135 cm³/mol. The Kier molecular flexibility index (Phi) is 5.46. The summed E-state index contributed by atoms with van der Waals surface area (Å²) in [6.07, 6.45) is 0. The number of rotatable bonds is 5. The summed E-state index contributed by atoms with van der Waals surface area (Å²) < 4.78 is 1.11. The minimum Gasteiger partial charge on any atom is -0.279 e. The molecule has 32 heavy (non-hydrogen) atoms. The molecule has 0 aliphatic rings. The van der Waals surface area contributed by atoms with E-state index in [9.17, 15) is 4.79 Å². The Labute approximate surface area is 192 Å². The van der Waals surface area contributed by atoms with Gasteiger partial charge < -0.3 is 0 Å². The Morgan fingerprint density at radius 2 is 1.62 bits per heavy atom. The molecular formula is C28H24N2OS. The fourth-order valence-electron chi connectivity index (χ4n) is 4.01.